The van der Waals surface area contributed by atoms with Gasteiger partial charge in [-0.15, -0.1) is 0 Å². The molecule has 0 atom stereocenters. The van der Waals surface area contributed by atoms with Crippen molar-refractivity contribution in [3.8, 4) is 5.69 Å². The predicted octanol–water partition coefficient (Wildman–Crippen LogP) is 5.88. The smallest absolute Gasteiger partial charge is 0.370 e. The molecule has 146 valence electrons. The quantitative estimate of drug-likeness (QED) is 0.589. The van der Waals surface area contributed by atoms with Crippen molar-refractivity contribution in [2.45, 2.75) is 31.9 Å². The molecule has 4 rings (SSSR count). The minimum absolute atomic E-state index is 0.0122. The minimum Gasteiger partial charge on any atom is -0.370 e. The molecular formula is C21H19ClF3N3. The lowest BCUT2D eigenvalue weighted by atomic mass is 10.0. The summed E-state index contributed by atoms with van der Waals surface area (Å²) in [5.74, 6) is 0.649. The number of nitrogens with one attached hydrogen (secondary N) is 1. The Morgan fingerprint density at radius 1 is 1.07 bits per heavy atom. The van der Waals surface area contributed by atoms with Crippen molar-refractivity contribution in [3.05, 3.63) is 75.9 Å². The van der Waals surface area contributed by atoms with Crippen molar-refractivity contribution in [2.75, 3.05) is 11.9 Å². The van der Waals surface area contributed by atoms with Gasteiger partial charge in [-0.05, 0) is 43.0 Å². The molecule has 0 spiro atoms. The Labute approximate surface area is 166 Å². The van der Waals surface area contributed by atoms with Crippen molar-refractivity contribution in [3.63, 3.8) is 0 Å². The molecule has 0 saturated carbocycles. The highest BCUT2D eigenvalue weighted by atomic mass is 35.5. The maximum absolute atomic E-state index is 13.7. The van der Waals surface area contributed by atoms with E-state index in [4.69, 9.17) is 11.6 Å². The first kappa shape index (κ1) is 18.9. The molecule has 2 aromatic carbocycles. The molecule has 0 unspecified atom stereocenters. The third-order valence-corrected chi connectivity index (χ3v) is 5.15. The molecule has 0 radical (unpaired) electrons. The summed E-state index contributed by atoms with van der Waals surface area (Å²) in [6, 6.07) is 13.6. The van der Waals surface area contributed by atoms with Crippen LogP contribution >= 0.6 is 11.6 Å². The molecule has 2 heterocycles. The van der Waals surface area contributed by atoms with Gasteiger partial charge in [0.25, 0.3) is 0 Å². The van der Waals surface area contributed by atoms with Crippen molar-refractivity contribution >= 4 is 17.4 Å². The van der Waals surface area contributed by atoms with Crippen LogP contribution in [0.1, 0.15) is 35.2 Å². The van der Waals surface area contributed by atoms with Crippen LogP contribution in [0.2, 0.25) is 5.02 Å². The number of nitrogens with zero attached hydrogens (tertiary/aromatic N) is 2. The Balaban J connectivity index is 1.87. The number of benzene rings is 2. The number of fused-ring (bicyclic) bond motifs is 1. The number of alkyl halides is 3. The van der Waals surface area contributed by atoms with Crippen molar-refractivity contribution in [1.82, 2.24) is 9.78 Å². The lowest BCUT2D eigenvalue weighted by Gasteiger charge is -2.16. The standard InChI is InChI=1S/C21H19ClF3N3/c22-15-9-10-19(17(13-15)21(23,24)25)28-20-16(8-4-5-11-26-20)18(27-28)12-14-6-2-1-3-7-14/h1-3,6-7,9-10,13,26H,4-5,8,11-12H2. The molecule has 7 heteroatoms. The van der Waals surface area contributed by atoms with E-state index in [1.165, 1.54) is 16.8 Å². The second kappa shape index (κ2) is 7.51. The lowest BCUT2D eigenvalue weighted by Crippen LogP contribution is -2.14. The van der Waals surface area contributed by atoms with Gasteiger partial charge in [-0.3, -0.25) is 0 Å². The van der Waals surface area contributed by atoms with E-state index in [1.807, 2.05) is 30.3 Å². The van der Waals surface area contributed by atoms with Crippen molar-refractivity contribution < 1.29 is 13.2 Å². The zero-order valence-electron chi connectivity index (χ0n) is 15.1. The Bertz CT molecular complexity index is 981. The van der Waals surface area contributed by atoms with E-state index in [0.29, 0.717) is 18.8 Å². The number of aromatic nitrogens is 2. The molecular weight excluding hydrogens is 387 g/mol. The summed E-state index contributed by atoms with van der Waals surface area (Å²) in [4.78, 5) is 0. The van der Waals surface area contributed by atoms with Crippen LogP contribution in [0, 0.1) is 0 Å². The third kappa shape index (κ3) is 3.74. The summed E-state index contributed by atoms with van der Waals surface area (Å²) < 4.78 is 42.4. The Morgan fingerprint density at radius 3 is 2.61 bits per heavy atom. The van der Waals surface area contributed by atoms with Gasteiger partial charge >= 0.3 is 6.18 Å². The largest absolute Gasteiger partial charge is 0.418 e. The fourth-order valence-corrected chi connectivity index (χ4v) is 3.77. The van der Waals surface area contributed by atoms with Crippen LogP contribution in [0.25, 0.3) is 5.69 Å². The van der Waals surface area contributed by atoms with E-state index in [2.05, 4.69) is 10.4 Å². The number of rotatable bonds is 3. The van der Waals surface area contributed by atoms with E-state index in [0.717, 1.165) is 42.1 Å². The SMILES string of the molecule is FC(F)(F)c1cc(Cl)ccc1-n1nc(Cc2ccccc2)c2c1NCCCC2. The Hall–Kier alpha value is -2.47. The van der Waals surface area contributed by atoms with Crippen LogP contribution in [0.5, 0.6) is 0 Å². The van der Waals surface area contributed by atoms with Crippen LogP contribution in [-0.4, -0.2) is 16.3 Å². The van der Waals surface area contributed by atoms with E-state index < -0.39 is 11.7 Å². The molecule has 1 aliphatic rings. The average Bonchev–Trinajstić information content (AvgIpc) is 2.84. The number of hydrogen-bond acceptors (Lipinski definition) is 2. The Kier molecular flexibility index (Phi) is 5.06. The first-order valence-corrected chi connectivity index (χ1v) is 9.57. The zero-order chi connectivity index (χ0) is 19.7. The second-order valence-electron chi connectivity index (χ2n) is 6.89. The van der Waals surface area contributed by atoms with Crippen molar-refractivity contribution in [2.24, 2.45) is 0 Å². The first-order chi connectivity index (χ1) is 13.4. The summed E-state index contributed by atoms with van der Waals surface area (Å²) >= 11 is 5.85. The molecule has 0 saturated heterocycles. The molecule has 0 aliphatic carbocycles. The fraction of sp³-hybridized carbons (Fsp3) is 0.286. The molecule has 28 heavy (non-hydrogen) atoms. The summed E-state index contributed by atoms with van der Waals surface area (Å²) in [7, 11) is 0. The molecule has 3 nitrogen and oxygen atoms in total. The predicted molar refractivity (Wildman–Crippen MR) is 104 cm³/mol. The lowest BCUT2D eigenvalue weighted by molar-refractivity contribution is -0.137. The first-order valence-electron chi connectivity index (χ1n) is 9.19. The topological polar surface area (TPSA) is 29.9 Å². The van der Waals surface area contributed by atoms with Gasteiger partial charge < -0.3 is 5.32 Å². The van der Waals surface area contributed by atoms with Crippen LogP contribution in [0.3, 0.4) is 0 Å². The highest BCUT2D eigenvalue weighted by Gasteiger charge is 2.35. The van der Waals surface area contributed by atoms with Gasteiger partial charge in [-0.2, -0.15) is 18.3 Å². The Morgan fingerprint density at radius 2 is 1.86 bits per heavy atom. The van der Waals surface area contributed by atoms with Gasteiger partial charge in [0.05, 0.1) is 16.9 Å². The molecule has 1 aliphatic heterocycles. The molecule has 0 amide bonds. The average molecular weight is 406 g/mol. The highest BCUT2D eigenvalue weighted by molar-refractivity contribution is 6.30. The normalized spacial score (nSPS) is 14.3. The number of halogens is 4. The minimum atomic E-state index is -4.52. The maximum Gasteiger partial charge on any atom is 0.418 e. The van der Waals surface area contributed by atoms with Crippen LogP contribution < -0.4 is 5.32 Å². The molecule has 1 N–H and O–H groups in total. The second-order valence-corrected chi connectivity index (χ2v) is 7.33. The number of anilines is 1. The van der Waals surface area contributed by atoms with E-state index in [9.17, 15) is 13.2 Å². The third-order valence-electron chi connectivity index (χ3n) is 4.92. The van der Waals surface area contributed by atoms with Gasteiger partial charge in [-0.25, -0.2) is 4.68 Å². The summed E-state index contributed by atoms with van der Waals surface area (Å²) in [5, 5.41) is 7.95. The van der Waals surface area contributed by atoms with Crippen LogP contribution in [0.4, 0.5) is 19.0 Å². The number of hydrogen-bond donors (Lipinski definition) is 1. The van der Waals surface area contributed by atoms with Gasteiger partial charge in [-0.1, -0.05) is 41.9 Å². The van der Waals surface area contributed by atoms with E-state index >= 15 is 0 Å². The van der Waals surface area contributed by atoms with E-state index in [1.54, 1.807) is 0 Å². The van der Waals surface area contributed by atoms with Gasteiger partial charge in [0.2, 0.25) is 0 Å². The monoisotopic (exact) mass is 405 g/mol. The molecule has 0 fully saturated rings. The fourth-order valence-electron chi connectivity index (χ4n) is 3.60. The summed E-state index contributed by atoms with van der Waals surface area (Å²) in [6.45, 7) is 0.707. The zero-order valence-corrected chi connectivity index (χ0v) is 15.8. The molecule has 3 aromatic rings. The molecule has 1 aromatic heterocycles. The molecule has 0 bridgehead atoms. The summed E-state index contributed by atoms with van der Waals surface area (Å²) in [6.07, 6.45) is -1.22. The van der Waals surface area contributed by atoms with Crippen molar-refractivity contribution in [1.29, 1.82) is 0 Å². The van der Waals surface area contributed by atoms with Gasteiger partial charge in [0, 0.05) is 23.6 Å². The van der Waals surface area contributed by atoms with E-state index in [-0.39, 0.29) is 10.7 Å². The summed E-state index contributed by atoms with van der Waals surface area (Å²) in [5.41, 5.74) is 2.07. The maximum atomic E-state index is 13.7. The van der Waals surface area contributed by atoms with Crippen LogP contribution in [0.15, 0.2) is 48.5 Å². The van der Waals surface area contributed by atoms with Gasteiger partial charge in [0.15, 0.2) is 0 Å². The highest BCUT2D eigenvalue weighted by Crippen LogP contribution is 2.38. The van der Waals surface area contributed by atoms with Crippen LogP contribution in [-0.2, 0) is 19.0 Å². The van der Waals surface area contributed by atoms with Gasteiger partial charge in [0.1, 0.15) is 5.82 Å².